The minimum atomic E-state index is 0.101. The van der Waals surface area contributed by atoms with Crippen LogP contribution in [0.1, 0.15) is 5.89 Å². The first-order valence-corrected chi connectivity index (χ1v) is 6.28. The predicted octanol–water partition coefficient (Wildman–Crippen LogP) is 3.51. The number of allylic oxidation sites excluding steroid dienone is 1. The van der Waals surface area contributed by atoms with Crippen molar-refractivity contribution in [1.29, 1.82) is 5.26 Å². The van der Waals surface area contributed by atoms with Gasteiger partial charge in [-0.05, 0) is 24.3 Å². The number of aromatic nitrogens is 1. The van der Waals surface area contributed by atoms with Crippen LogP contribution in [0.4, 0.5) is 5.69 Å². The van der Waals surface area contributed by atoms with Crippen LogP contribution in [0.5, 0.6) is 5.75 Å². The molecule has 0 bridgehead atoms. The Morgan fingerprint density at radius 3 is 2.71 bits per heavy atom. The fraction of sp³-hybridized carbons (Fsp3) is 0. The van der Waals surface area contributed by atoms with Crippen molar-refractivity contribution in [3.63, 3.8) is 0 Å². The molecule has 1 heterocycles. The molecule has 102 valence electrons. The minimum absolute atomic E-state index is 0.101. The van der Waals surface area contributed by atoms with Crippen molar-refractivity contribution in [2.24, 2.45) is 0 Å². The molecule has 2 aromatic carbocycles. The van der Waals surface area contributed by atoms with Gasteiger partial charge in [-0.1, -0.05) is 24.3 Å². The molecule has 0 aliphatic carbocycles. The molecule has 0 radical (unpaired) electrons. The van der Waals surface area contributed by atoms with E-state index in [0.29, 0.717) is 16.8 Å². The molecule has 0 atom stereocenters. The molecule has 2 N–H and O–H groups in total. The number of oxazole rings is 1. The summed E-state index contributed by atoms with van der Waals surface area (Å²) in [5.41, 5.74) is 2.06. The van der Waals surface area contributed by atoms with E-state index in [0.717, 1.165) is 0 Å². The maximum atomic E-state index is 9.67. The Morgan fingerprint density at radius 1 is 1.19 bits per heavy atom. The van der Waals surface area contributed by atoms with Gasteiger partial charge in [0, 0.05) is 6.20 Å². The summed E-state index contributed by atoms with van der Waals surface area (Å²) < 4.78 is 5.54. The van der Waals surface area contributed by atoms with Gasteiger partial charge in [0.15, 0.2) is 5.58 Å². The number of benzene rings is 2. The van der Waals surface area contributed by atoms with E-state index in [4.69, 9.17) is 4.42 Å². The van der Waals surface area contributed by atoms with Crippen LogP contribution in [-0.4, -0.2) is 10.1 Å². The second-order valence-electron chi connectivity index (χ2n) is 4.32. The quantitative estimate of drug-likeness (QED) is 0.565. The summed E-state index contributed by atoms with van der Waals surface area (Å²) in [4.78, 5) is 4.26. The topological polar surface area (TPSA) is 82.1 Å². The molecule has 5 nitrogen and oxygen atoms in total. The van der Waals surface area contributed by atoms with Gasteiger partial charge in [-0.25, -0.2) is 4.98 Å². The zero-order chi connectivity index (χ0) is 14.7. The number of para-hydroxylation sites is 4. The highest BCUT2D eigenvalue weighted by molar-refractivity contribution is 5.80. The van der Waals surface area contributed by atoms with E-state index in [9.17, 15) is 10.4 Å². The summed E-state index contributed by atoms with van der Waals surface area (Å²) in [5.74, 6) is 0.338. The number of aromatic hydroxyl groups is 1. The van der Waals surface area contributed by atoms with Crippen LogP contribution in [0, 0.1) is 11.3 Å². The Labute approximate surface area is 120 Å². The van der Waals surface area contributed by atoms with Crippen LogP contribution in [0.15, 0.2) is 59.1 Å². The van der Waals surface area contributed by atoms with Crippen molar-refractivity contribution in [1.82, 2.24) is 4.98 Å². The Balaban J connectivity index is 1.93. The SMILES string of the molecule is N#C/C(=C\Nc1ccccc1O)c1nc2ccccc2o1. The summed E-state index contributed by atoms with van der Waals surface area (Å²) in [6.07, 6.45) is 1.46. The molecular weight excluding hydrogens is 266 g/mol. The molecule has 3 aromatic rings. The molecule has 0 fully saturated rings. The van der Waals surface area contributed by atoms with E-state index in [1.54, 1.807) is 30.3 Å². The number of phenolic OH excluding ortho intramolecular Hbond substituents is 1. The van der Waals surface area contributed by atoms with Crippen molar-refractivity contribution in [2.45, 2.75) is 0 Å². The van der Waals surface area contributed by atoms with Crippen molar-refractivity contribution < 1.29 is 9.52 Å². The zero-order valence-corrected chi connectivity index (χ0v) is 10.9. The first-order valence-electron chi connectivity index (χ1n) is 6.28. The number of fused-ring (bicyclic) bond motifs is 1. The highest BCUT2D eigenvalue weighted by atomic mass is 16.3. The number of hydrogen-bond acceptors (Lipinski definition) is 5. The average Bonchev–Trinajstić information content (AvgIpc) is 2.93. The monoisotopic (exact) mass is 277 g/mol. The lowest BCUT2D eigenvalue weighted by Crippen LogP contribution is -1.91. The van der Waals surface area contributed by atoms with E-state index < -0.39 is 0 Å². The van der Waals surface area contributed by atoms with Gasteiger partial charge < -0.3 is 14.8 Å². The molecular formula is C16H11N3O2. The normalized spacial score (nSPS) is 11.3. The maximum absolute atomic E-state index is 9.67. The highest BCUT2D eigenvalue weighted by Crippen LogP contribution is 2.24. The van der Waals surface area contributed by atoms with E-state index in [1.165, 1.54) is 6.20 Å². The lowest BCUT2D eigenvalue weighted by atomic mass is 10.3. The number of nitrogens with one attached hydrogen (secondary N) is 1. The number of nitriles is 1. The Kier molecular flexibility index (Phi) is 3.27. The van der Waals surface area contributed by atoms with Gasteiger partial charge in [-0.15, -0.1) is 0 Å². The van der Waals surface area contributed by atoms with Crippen LogP contribution in [-0.2, 0) is 0 Å². The number of anilines is 1. The highest BCUT2D eigenvalue weighted by Gasteiger charge is 2.10. The third-order valence-electron chi connectivity index (χ3n) is 2.92. The van der Waals surface area contributed by atoms with Gasteiger partial charge in [0.05, 0.1) is 5.69 Å². The van der Waals surface area contributed by atoms with E-state index in [1.807, 2.05) is 24.3 Å². The van der Waals surface area contributed by atoms with Gasteiger partial charge in [0.2, 0.25) is 5.89 Å². The fourth-order valence-electron chi connectivity index (χ4n) is 1.87. The van der Waals surface area contributed by atoms with Crippen LogP contribution < -0.4 is 5.32 Å². The van der Waals surface area contributed by atoms with Crippen LogP contribution in [0.2, 0.25) is 0 Å². The largest absolute Gasteiger partial charge is 0.506 e. The summed E-state index contributed by atoms with van der Waals surface area (Å²) in [5, 5.41) is 21.8. The predicted molar refractivity (Wildman–Crippen MR) is 79.3 cm³/mol. The molecule has 3 rings (SSSR count). The minimum Gasteiger partial charge on any atom is -0.506 e. The number of rotatable bonds is 3. The van der Waals surface area contributed by atoms with Gasteiger partial charge in [0.1, 0.15) is 22.9 Å². The summed E-state index contributed by atoms with van der Waals surface area (Å²) in [7, 11) is 0. The van der Waals surface area contributed by atoms with E-state index >= 15 is 0 Å². The molecule has 5 heteroatoms. The summed E-state index contributed by atoms with van der Waals surface area (Å²) >= 11 is 0. The summed E-state index contributed by atoms with van der Waals surface area (Å²) in [6, 6.07) is 16.1. The molecule has 0 unspecified atom stereocenters. The van der Waals surface area contributed by atoms with Crippen LogP contribution >= 0.6 is 0 Å². The molecule has 0 aliphatic rings. The lowest BCUT2D eigenvalue weighted by molar-refractivity contribution is 0.477. The maximum Gasteiger partial charge on any atom is 0.239 e. The van der Waals surface area contributed by atoms with Gasteiger partial charge >= 0.3 is 0 Å². The van der Waals surface area contributed by atoms with Gasteiger partial charge in [-0.3, -0.25) is 0 Å². The first kappa shape index (κ1) is 12.8. The van der Waals surface area contributed by atoms with Gasteiger partial charge in [-0.2, -0.15) is 5.26 Å². The molecule has 0 amide bonds. The first-order chi connectivity index (χ1) is 10.3. The Hall–Kier alpha value is -3.26. The zero-order valence-electron chi connectivity index (χ0n) is 10.9. The van der Waals surface area contributed by atoms with Crippen LogP contribution in [0.25, 0.3) is 16.7 Å². The third kappa shape index (κ3) is 2.55. The smallest absolute Gasteiger partial charge is 0.239 e. The molecule has 1 aromatic heterocycles. The van der Waals surface area contributed by atoms with E-state index in [-0.39, 0.29) is 17.2 Å². The van der Waals surface area contributed by atoms with Crippen molar-refractivity contribution in [2.75, 3.05) is 5.32 Å². The Bertz CT molecular complexity index is 826. The molecule has 0 saturated carbocycles. The Morgan fingerprint density at radius 2 is 1.95 bits per heavy atom. The lowest BCUT2D eigenvalue weighted by Gasteiger charge is -2.03. The molecule has 0 aliphatic heterocycles. The second-order valence-corrected chi connectivity index (χ2v) is 4.32. The molecule has 0 spiro atoms. The second kappa shape index (κ2) is 5.39. The third-order valence-corrected chi connectivity index (χ3v) is 2.92. The van der Waals surface area contributed by atoms with E-state index in [2.05, 4.69) is 10.3 Å². The number of nitrogens with zero attached hydrogens (tertiary/aromatic N) is 2. The van der Waals surface area contributed by atoms with Crippen molar-refractivity contribution >= 4 is 22.4 Å². The van der Waals surface area contributed by atoms with Crippen molar-refractivity contribution in [3.8, 4) is 11.8 Å². The standard InChI is InChI=1S/C16H11N3O2/c17-9-11(10-18-12-5-1-3-7-14(12)20)16-19-13-6-2-4-8-15(13)21-16/h1-8,10,18,20H/b11-10+. The van der Waals surface area contributed by atoms with Crippen LogP contribution in [0.3, 0.4) is 0 Å². The fourth-order valence-corrected chi connectivity index (χ4v) is 1.87. The molecule has 0 saturated heterocycles. The van der Waals surface area contributed by atoms with Gasteiger partial charge in [0.25, 0.3) is 0 Å². The molecule has 21 heavy (non-hydrogen) atoms. The average molecular weight is 277 g/mol. The summed E-state index contributed by atoms with van der Waals surface area (Å²) in [6.45, 7) is 0. The van der Waals surface area contributed by atoms with Crippen molar-refractivity contribution in [3.05, 3.63) is 60.6 Å². The number of phenols is 1. The number of hydrogen-bond donors (Lipinski definition) is 2.